The summed E-state index contributed by atoms with van der Waals surface area (Å²) in [5, 5.41) is 8.55. The monoisotopic (exact) mass is 498 g/mol. The molecule has 188 valence electrons. The standard InChI is InChI=1S/C13H17N.C10H13F3N2OS.CH3NO/c1-14-13-11-6-2-4-9(11)8-10-5-3-7-12(10)13;1-15(2)9(10(11,12)13)7-3-5-8(6-4-7)17(14)16;2-1-3/h8,14H,2-7H2,1H3;3-6,9H,14H2,1-2H3;1H,(H2,2,3). The van der Waals surface area contributed by atoms with Gasteiger partial charge in [0.15, 0.2) is 0 Å². The van der Waals surface area contributed by atoms with E-state index in [2.05, 4.69) is 24.2 Å². The van der Waals surface area contributed by atoms with Crippen LogP contribution in [-0.4, -0.2) is 42.8 Å². The topological polar surface area (TPSA) is 101 Å². The molecule has 10 heteroatoms. The summed E-state index contributed by atoms with van der Waals surface area (Å²) in [6.45, 7) is 0. The van der Waals surface area contributed by atoms with Crippen molar-refractivity contribution in [3.05, 3.63) is 58.1 Å². The molecule has 2 aromatic carbocycles. The first kappa shape index (κ1) is 27.8. The zero-order valence-corrected chi connectivity index (χ0v) is 20.6. The number of benzene rings is 2. The number of fused-ring (bicyclic) bond motifs is 2. The highest BCUT2D eigenvalue weighted by Crippen LogP contribution is 2.38. The first-order valence-electron chi connectivity index (χ1n) is 11.0. The largest absolute Gasteiger partial charge is 0.408 e. The average molecular weight is 499 g/mol. The van der Waals surface area contributed by atoms with E-state index in [0.29, 0.717) is 4.90 Å². The van der Waals surface area contributed by atoms with Crippen molar-refractivity contribution >= 4 is 23.1 Å². The number of halogens is 3. The van der Waals surface area contributed by atoms with Gasteiger partial charge in [-0.05, 0) is 92.6 Å². The molecule has 2 unspecified atom stereocenters. The third-order valence-electron chi connectivity index (χ3n) is 5.98. The Hall–Kier alpha value is -2.43. The lowest BCUT2D eigenvalue weighted by molar-refractivity contribution is -0.179. The van der Waals surface area contributed by atoms with E-state index in [0.717, 1.165) is 4.90 Å². The molecule has 0 saturated carbocycles. The van der Waals surface area contributed by atoms with Crippen molar-refractivity contribution in [2.45, 2.75) is 55.6 Å². The van der Waals surface area contributed by atoms with Gasteiger partial charge in [-0.25, -0.2) is 9.35 Å². The highest BCUT2D eigenvalue weighted by Gasteiger charge is 2.42. The van der Waals surface area contributed by atoms with Gasteiger partial charge in [0.2, 0.25) is 6.41 Å². The molecule has 2 aromatic rings. The predicted molar refractivity (Wildman–Crippen MR) is 130 cm³/mol. The molecule has 0 saturated heterocycles. The summed E-state index contributed by atoms with van der Waals surface area (Å²) in [5.41, 5.74) is 12.2. The zero-order valence-electron chi connectivity index (χ0n) is 19.7. The summed E-state index contributed by atoms with van der Waals surface area (Å²) >= 11 is 0. The second-order valence-electron chi connectivity index (χ2n) is 8.39. The van der Waals surface area contributed by atoms with Crippen molar-refractivity contribution in [2.75, 3.05) is 26.5 Å². The van der Waals surface area contributed by atoms with Crippen LogP contribution in [0.15, 0.2) is 35.2 Å². The SMILES string of the molecule is CN(C)C(c1ccc(S(N)=O)cc1)C(F)(F)F.CNc1c2c(cc3c1CCC3)CCC2.NC=O. The second kappa shape index (κ2) is 12.3. The van der Waals surface area contributed by atoms with Crippen LogP contribution >= 0.6 is 0 Å². The number of carbonyl (C=O) groups excluding carboxylic acids is 1. The minimum Gasteiger partial charge on any atom is -0.388 e. The number of anilines is 1. The molecular weight excluding hydrogens is 465 g/mol. The lowest BCUT2D eigenvalue weighted by atomic mass is 9.99. The molecule has 0 aliphatic heterocycles. The first-order chi connectivity index (χ1) is 16.0. The summed E-state index contributed by atoms with van der Waals surface area (Å²) in [6, 6.07) is 6.06. The predicted octanol–water partition coefficient (Wildman–Crippen LogP) is 3.64. The third kappa shape index (κ3) is 6.80. The quantitative estimate of drug-likeness (QED) is 0.560. The van der Waals surface area contributed by atoms with Gasteiger partial charge in [0.1, 0.15) is 17.0 Å². The van der Waals surface area contributed by atoms with Crippen LogP contribution in [0.1, 0.15) is 46.7 Å². The molecule has 0 bridgehead atoms. The molecule has 4 rings (SSSR count). The van der Waals surface area contributed by atoms with E-state index >= 15 is 0 Å². The maximum absolute atomic E-state index is 12.8. The molecule has 0 aromatic heterocycles. The van der Waals surface area contributed by atoms with E-state index in [1.165, 1.54) is 82.6 Å². The number of hydrogen-bond donors (Lipinski definition) is 3. The fourth-order valence-corrected chi connectivity index (χ4v) is 5.09. The van der Waals surface area contributed by atoms with Gasteiger partial charge in [0.05, 0.1) is 4.90 Å². The zero-order chi connectivity index (χ0) is 25.5. The molecule has 5 N–H and O–H groups in total. The number of primary amides is 1. The second-order valence-corrected chi connectivity index (χ2v) is 9.46. The number of nitrogens with one attached hydrogen (secondary N) is 1. The van der Waals surface area contributed by atoms with Crippen LogP contribution in [0, 0.1) is 0 Å². The maximum Gasteiger partial charge on any atom is 0.408 e. The van der Waals surface area contributed by atoms with Crippen LogP contribution in [0.5, 0.6) is 0 Å². The Labute approximate surface area is 201 Å². The number of carbonyl (C=O) groups is 1. The first-order valence-corrected chi connectivity index (χ1v) is 12.2. The van der Waals surface area contributed by atoms with Gasteiger partial charge in [-0.2, -0.15) is 13.2 Å². The maximum atomic E-state index is 12.8. The molecule has 0 radical (unpaired) electrons. The normalized spacial score (nSPS) is 15.8. The molecule has 6 nitrogen and oxygen atoms in total. The minimum absolute atomic E-state index is 0.0942. The van der Waals surface area contributed by atoms with Gasteiger partial charge in [-0.1, -0.05) is 18.2 Å². The van der Waals surface area contributed by atoms with Gasteiger partial charge < -0.3 is 11.1 Å². The third-order valence-corrected chi connectivity index (χ3v) is 6.71. The van der Waals surface area contributed by atoms with Gasteiger partial charge in [-0.15, -0.1) is 0 Å². The molecule has 2 aliphatic carbocycles. The number of rotatable bonds is 4. The fourth-order valence-electron chi connectivity index (χ4n) is 4.68. The Bertz CT molecular complexity index is 963. The van der Waals surface area contributed by atoms with Gasteiger partial charge >= 0.3 is 6.18 Å². The van der Waals surface area contributed by atoms with E-state index < -0.39 is 23.2 Å². The summed E-state index contributed by atoms with van der Waals surface area (Å²) in [7, 11) is 3.11. The molecule has 0 fully saturated rings. The molecular formula is C24H33F3N4O2S. The Morgan fingerprint density at radius 1 is 1.03 bits per heavy atom. The van der Waals surface area contributed by atoms with E-state index in [9.17, 15) is 17.4 Å². The molecule has 0 spiro atoms. The minimum atomic E-state index is -4.35. The number of nitrogens with zero attached hydrogens (tertiary/aromatic N) is 1. The Kier molecular flexibility index (Phi) is 10.1. The highest BCUT2D eigenvalue weighted by atomic mass is 32.2. The molecule has 2 aliphatic rings. The fraction of sp³-hybridized carbons (Fsp3) is 0.458. The van der Waals surface area contributed by atoms with Gasteiger partial charge in [0, 0.05) is 12.7 Å². The van der Waals surface area contributed by atoms with Crippen LogP contribution in [0.4, 0.5) is 18.9 Å². The molecule has 2 atom stereocenters. The van der Waals surface area contributed by atoms with E-state index in [-0.39, 0.29) is 12.0 Å². The van der Waals surface area contributed by atoms with Crippen molar-refractivity contribution in [1.82, 2.24) is 4.90 Å². The summed E-state index contributed by atoms with van der Waals surface area (Å²) in [5.74, 6) is 0. The Morgan fingerprint density at radius 3 is 1.85 bits per heavy atom. The van der Waals surface area contributed by atoms with Crippen molar-refractivity contribution in [2.24, 2.45) is 10.9 Å². The average Bonchev–Trinajstić information content (AvgIpc) is 3.41. The number of alkyl halides is 3. The molecule has 1 amide bonds. The number of amides is 1. The number of nitrogens with two attached hydrogens (primary N) is 2. The van der Waals surface area contributed by atoms with Crippen molar-refractivity contribution in [3.63, 3.8) is 0 Å². The smallest absolute Gasteiger partial charge is 0.388 e. The van der Waals surface area contributed by atoms with Gasteiger partial charge in [-0.3, -0.25) is 9.69 Å². The van der Waals surface area contributed by atoms with Crippen LogP contribution in [0.25, 0.3) is 0 Å². The van der Waals surface area contributed by atoms with E-state index in [1.54, 1.807) is 22.3 Å². The number of aryl methyl sites for hydroxylation is 2. The Balaban J connectivity index is 0.000000218. The van der Waals surface area contributed by atoms with Crippen molar-refractivity contribution in [3.8, 4) is 0 Å². The number of hydrogen-bond acceptors (Lipinski definition) is 4. The Morgan fingerprint density at radius 2 is 1.50 bits per heavy atom. The van der Waals surface area contributed by atoms with Gasteiger partial charge in [0.25, 0.3) is 0 Å². The van der Waals surface area contributed by atoms with Crippen LogP contribution in [0.3, 0.4) is 0 Å². The lowest BCUT2D eigenvalue weighted by Gasteiger charge is -2.27. The van der Waals surface area contributed by atoms with Crippen LogP contribution < -0.4 is 16.2 Å². The summed E-state index contributed by atoms with van der Waals surface area (Å²) in [4.78, 5) is 9.96. The molecule has 34 heavy (non-hydrogen) atoms. The van der Waals surface area contributed by atoms with E-state index in [1.807, 2.05) is 0 Å². The van der Waals surface area contributed by atoms with Crippen LogP contribution in [0.2, 0.25) is 0 Å². The highest BCUT2D eigenvalue weighted by molar-refractivity contribution is 7.82. The van der Waals surface area contributed by atoms with Crippen LogP contribution in [-0.2, 0) is 41.5 Å². The molecule has 0 heterocycles. The summed E-state index contributed by atoms with van der Waals surface area (Å²) in [6.07, 6.45) is 3.79. The van der Waals surface area contributed by atoms with Crippen molar-refractivity contribution < 1.29 is 22.2 Å². The lowest BCUT2D eigenvalue weighted by Crippen LogP contribution is -2.33. The summed E-state index contributed by atoms with van der Waals surface area (Å²) < 4.78 is 49.3. The van der Waals surface area contributed by atoms with E-state index in [4.69, 9.17) is 9.93 Å². The van der Waals surface area contributed by atoms with Crippen molar-refractivity contribution in [1.29, 1.82) is 0 Å².